The van der Waals surface area contributed by atoms with E-state index in [9.17, 15) is 29.1 Å². The predicted molar refractivity (Wildman–Crippen MR) is 215 cm³/mol. The van der Waals surface area contributed by atoms with E-state index in [-0.39, 0.29) is 29.7 Å². The van der Waals surface area contributed by atoms with E-state index in [0.717, 1.165) is 13.8 Å². The van der Waals surface area contributed by atoms with Gasteiger partial charge < -0.3 is 38.3 Å². The molecule has 2 bridgehead atoms. The molecule has 2 aromatic rings. The molecular weight excluding hydrogens is 847 g/mol. The highest BCUT2D eigenvalue weighted by molar-refractivity contribution is 6.67. The van der Waals surface area contributed by atoms with Crippen LogP contribution in [0.1, 0.15) is 70.3 Å². The predicted octanol–water partition coefficient (Wildman–Crippen LogP) is 6.45. The molecule has 0 unspecified atom stereocenters. The molecular formula is C43H45Cl3O14. The molecule has 14 nitrogen and oxygen atoms in total. The molecule has 17 heteroatoms. The number of Topliss-reactive ketones (excluding diaryl/α,β-unsaturated/α-hetero) is 1. The lowest BCUT2D eigenvalue weighted by Crippen LogP contribution is -2.82. The number of alkyl halides is 3. The van der Waals surface area contributed by atoms with Crippen LogP contribution in [0.2, 0.25) is 0 Å². The van der Waals surface area contributed by atoms with Gasteiger partial charge in [-0.15, -0.1) is 0 Å². The number of carbonyl (C=O) groups excluding carboxylic acids is 6. The normalized spacial score (nSPS) is 31.9. The molecule has 0 amide bonds. The van der Waals surface area contributed by atoms with Crippen molar-refractivity contribution in [3.63, 3.8) is 0 Å². The average molecular weight is 892 g/mol. The fourth-order valence-electron chi connectivity index (χ4n) is 9.37. The van der Waals surface area contributed by atoms with Crippen molar-refractivity contribution >= 4 is 76.7 Å². The second-order valence-corrected chi connectivity index (χ2v) is 18.7. The van der Waals surface area contributed by atoms with Gasteiger partial charge in [-0.05, 0) is 48.8 Å². The Morgan fingerprint density at radius 2 is 1.53 bits per heavy atom. The van der Waals surface area contributed by atoms with Crippen molar-refractivity contribution in [2.24, 2.45) is 16.7 Å². The van der Waals surface area contributed by atoms with Gasteiger partial charge in [-0.3, -0.25) is 14.4 Å². The zero-order valence-corrected chi connectivity index (χ0v) is 35.9. The summed E-state index contributed by atoms with van der Waals surface area (Å²) in [5, 5.41) is 13.7. The molecule has 322 valence electrons. The Hall–Kier alpha value is -4.47. The zero-order chi connectivity index (χ0) is 44.0. The standard InChI is InChI=1S/C43H45Cl3O14/c1-23-28(57-31(49)18-17-26-13-9-7-10-14-26)20-42(53)36(59-37(51)27-15-11-8-12-16-27)34-40(6,35(50)33(56-24(2)47)32(23)39(42,4)5)29(58-38(52)55-22-43(44,45)46)19-30-41(34,21-54-30)60-25(3)48/h7-18,28-30,33-34,36,53H,19-22H2,1-6H3/b18-17+/t28-,29-,30+,33+,34-,36-,40+,41-,42+/m0/s1. The van der Waals surface area contributed by atoms with Crippen molar-refractivity contribution in [1.29, 1.82) is 0 Å². The molecule has 1 N–H and O–H groups in total. The summed E-state index contributed by atoms with van der Waals surface area (Å²) in [7, 11) is 0. The SMILES string of the molecule is CC(=O)O[C@H]1C(=O)[C@]2(C)[C@@H](OC(=O)OCC(Cl)(Cl)Cl)C[C@H]3OC[C@@]3(OC(C)=O)[C@H]2[C@H](OC(=O)c2ccccc2)[C@]2(O)C[C@H](OC(=O)/C=C/c3ccccc3)C(C)=C1C2(C)C. The molecule has 1 saturated heterocycles. The van der Waals surface area contributed by atoms with Crippen LogP contribution in [0.4, 0.5) is 4.79 Å². The van der Waals surface area contributed by atoms with Crippen molar-refractivity contribution in [2.45, 2.75) is 99.9 Å². The van der Waals surface area contributed by atoms with Crippen LogP contribution in [0, 0.1) is 16.7 Å². The molecule has 0 aromatic heterocycles. The van der Waals surface area contributed by atoms with Crippen LogP contribution in [-0.4, -0.2) is 99.7 Å². The average Bonchev–Trinajstić information content (AvgIpc) is 3.17. The lowest BCUT2D eigenvalue weighted by molar-refractivity contribution is -0.346. The number of benzene rings is 2. The molecule has 1 heterocycles. The van der Waals surface area contributed by atoms with Gasteiger partial charge in [0.15, 0.2) is 17.5 Å². The molecule has 6 rings (SSSR count). The van der Waals surface area contributed by atoms with Gasteiger partial charge in [-0.25, -0.2) is 14.4 Å². The largest absolute Gasteiger partial charge is 0.508 e. The van der Waals surface area contributed by atoms with Gasteiger partial charge in [0.25, 0.3) is 0 Å². The lowest BCUT2D eigenvalue weighted by Gasteiger charge is -2.67. The number of halogens is 3. The Morgan fingerprint density at radius 3 is 2.10 bits per heavy atom. The monoisotopic (exact) mass is 890 g/mol. The van der Waals surface area contributed by atoms with Gasteiger partial charge in [0.2, 0.25) is 3.79 Å². The summed E-state index contributed by atoms with van der Waals surface area (Å²) in [5.41, 5.74) is -6.93. The number of ketones is 1. The molecule has 1 aliphatic heterocycles. The van der Waals surface area contributed by atoms with Crippen molar-refractivity contribution in [2.75, 3.05) is 13.2 Å². The van der Waals surface area contributed by atoms with Gasteiger partial charge in [0.05, 0.1) is 23.5 Å². The van der Waals surface area contributed by atoms with E-state index in [4.69, 9.17) is 68.0 Å². The number of ether oxygens (including phenoxy) is 7. The Bertz CT molecular complexity index is 2100. The smallest absolute Gasteiger partial charge is 0.455 e. The van der Waals surface area contributed by atoms with E-state index in [0.29, 0.717) is 5.56 Å². The number of hydrogen-bond acceptors (Lipinski definition) is 14. The highest BCUT2D eigenvalue weighted by Gasteiger charge is 2.79. The van der Waals surface area contributed by atoms with Crippen molar-refractivity contribution < 1.29 is 67.0 Å². The summed E-state index contributed by atoms with van der Waals surface area (Å²) in [5.74, 6) is -5.98. The molecule has 9 atom stereocenters. The van der Waals surface area contributed by atoms with E-state index in [1.54, 1.807) is 63.2 Å². The second kappa shape index (κ2) is 16.8. The van der Waals surface area contributed by atoms with Crippen molar-refractivity contribution in [3.05, 3.63) is 89.0 Å². The first kappa shape index (κ1) is 45.1. The van der Waals surface area contributed by atoms with Crippen LogP contribution in [0.15, 0.2) is 77.9 Å². The first-order valence-corrected chi connectivity index (χ1v) is 20.2. The van der Waals surface area contributed by atoms with E-state index in [1.807, 2.05) is 6.07 Å². The maximum absolute atomic E-state index is 15.8. The number of hydrogen-bond donors (Lipinski definition) is 1. The maximum Gasteiger partial charge on any atom is 0.508 e. The Kier molecular flexibility index (Phi) is 12.6. The van der Waals surface area contributed by atoms with E-state index >= 15 is 4.79 Å². The minimum Gasteiger partial charge on any atom is -0.455 e. The van der Waals surface area contributed by atoms with Crippen LogP contribution < -0.4 is 0 Å². The summed E-state index contributed by atoms with van der Waals surface area (Å²) in [6, 6.07) is 16.8. The summed E-state index contributed by atoms with van der Waals surface area (Å²) < 4.78 is 39.3. The van der Waals surface area contributed by atoms with E-state index in [1.165, 1.54) is 31.2 Å². The van der Waals surface area contributed by atoms with Crippen LogP contribution in [0.25, 0.3) is 6.08 Å². The Balaban J connectivity index is 1.61. The topological polar surface area (TPSA) is 187 Å². The summed E-state index contributed by atoms with van der Waals surface area (Å²) in [4.78, 5) is 83.2. The highest BCUT2D eigenvalue weighted by Crippen LogP contribution is 2.65. The number of rotatable bonds is 9. The minimum absolute atomic E-state index is 0.0350. The summed E-state index contributed by atoms with van der Waals surface area (Å²) in [6.45, 7) is 7.23. The fourth-order valence-corrected chi connectivity index (χ4v) is 9.53. The van der Waals surface area contributed by atoms with Gasteiger partial charge >= 0.3 is 30.0 Å². The number of carbonyl (C=O) groups is 6. The highest BCUT2D eigenvalue weighted by atomic mass is 35.6. The maximum atomic E-state index is 15.8. The third-order valence-electron chi connectivity index (χ3n) is 12.2. The quantitative estimate of drug-likeness (QED) is 0.0952. The van der Waals surface area contributed by atoms with Gasteiger partial charge in [-0.1, -0.05) is 97.2 Å². The first-order chi connectivity index (χ1) is 28.0. The lowest BCUT2D eigenvalue weighted by atomic mass is 9.44. The minimum atomic E-state index is -2.35. The zero-order valence-electron chi connectivity index (χ0n) is 33.6. The molecule has 3 fully saturated rings. The Labute approximate surface area is 361 Å². The molecule has 0 radical (unpaired) electrons. The van der Waals surface area contributed by atoms with E-state index in [2.05, 4.69) is 0 Å². The molecule has 0 spiro atoms. The Morgan fingerprint density at radius 1 is 0.900 bits per heavy atom. The number of esters is 4. The summed E-state index contributed by atoms with van der Waals surface area (Å²) >= 11 is 17.5. The first-order valence-electron chi connectivity index (χ1n) is 19.1. The van der Waals surface area contributed by atoms with Crippen LogP contribution in [0.3, 0.4) is 0 Å². The number of aliphatic hydroxyl groups is 1. The fraction of sp³-hybridized carbons (Fsp3) is 0.488. The molecule has 4 aliphatic rings. The third-order valence-corrected chi connectivity index (χ3v) is 12.5. The summed E-state index contributed by atoms with van der Waals surface area (Å²) in [6.07, 6.45) is -7.04. The van der Waals surface area contributed by atoms with Gasteiger partial charge in [0, 0.05) is 38.2 Å². The second-order valence-electron chi connectivity index (χ2n) is 16.2. The molecule has 3 aliphatic carbocycles. The van der Waals surface area contributed by atoms with Crippen LogP contribution >= 0.6 is 34.8 Å². The van der Waals surface area contributed by atoms with Gasteiger partial charge in [-0.2, -0.15) is 0 Å². The van der Waals surface area contributed by atoms with E-state index < -0.39 is 111 Å². The van der Waals surface area contributed by atoms with Gasteiger partial charge in [0.1, 0.15) is 36.6 Å². The van der Waals surface area contributed by atoms with Crippen LogP contribution in [0.5, 0.6) is 0 Å². The van der Waals surface area contributed by atoms with Crippen LogP contribution in [-0.2, 0) is 52.3 Å². The molecule has 60 heavy (non-hydrogen) atoms. The molecule has 2 aromatic carbocycles. The third kappa shape index (κ3) is 8.28. The number of fused-ring (bicyclic) bond motifs is 5. The molecule has 2 saturated carbocycles. The van der Waals surface area contributed by atoms with Crippen molar-refractivity contribution in [3.8, 4) is 0 Å². The van der Waals surface area contributed by atoms with Crippen molar-refractivity contribution in [1.82, 2.24) is 0 Å².